The summed E-state index contributed by atoms with van der Waals surface area (Å²) in [6.07, 6.45) is 1.80. The standard InChI is InChI=1S/C13H25N5O/c1-6-8-11-14-12(16-15-11)13(19)18(7-2)10(3)9-17(4)5/h10H,6-9H2,1-5H3,(H,14,15,16). The number of aromatic nitrogens is 3. The number of nitrogens with zero attached hydrogens (tertiary/aromatic N) is 4. The molecule has 19 heavy (non-hydrogen) atoms. The molecule has 1 N–H and O–H groups in total. The third-order valence-corrected chi connectivity index (χ3v) is 2.97. The SMILES string of the molecule is CCCc1nc(C(=O)N(CC)C(C)CN(C)C)n[nH]1. The highest BCUT2D eigenvalue weighted by Crippen LogP contribution is 2.06. The highest BCUT2D eigenvalue weighted by molar-refractivity contribution is 5.90. The van der Waals surface area contributed by atoms with Gasteiger partial charge in [-0.25, -0.2) is 4.98 Å². The molecule has 0 fully saturated rings. The van der Waals surface area contributed by atoms with Crippen LogP contribution in [0, 0.1) is 0 Å². The van der Waals surface area contributed by atoms with Crippen LogP contribution in [0.25, 0.3) is 0 Å². The fourth-order valence-corrected chi connectivity index (χ4v) is 2.15. The van der Waals surface area contributed by atoms with Gasteiger partial charge < -0.3 is 9.80 Å². The van der Waals surface area contributed by atoms with Gasteiger partial charge in [-0.15, -0.1) is 5.10 Å². The van der Waals surface area contributed by atoms with Crippen LogP contribution in [-0.2, 0) is 6.42 Å². The van der Waals surface area contributed by atoms with Crippen molar-refractivity contribution in [2.45, 2.75) is 39.7 Å². The smallest absolute Gasteiger partial charge is 0.293 e. The maximum absolute atomic E-state index is 12.4. The van der Waals surface area contributed by atoms with E-state index in [2.05, 4.69) is 27.0 Å². The van der Waals surface area contributed by atoms with Gasteiger partial charge in [0.2, 0.25) is 5.82 Å². The van der Waals surface area contributed by atoms with Crippen molar-refractivity contribution in [3.63, 3.8) is 0 Å². The molecule has 108 valence electrons. The van der Waals surface area contributed by atoms with E-state index >= 15 is 0 Å². The first-order valence-electron chi connectivity index (χ1n) is 6.86. The number of hydrogen-bond donors (Lipinski definition) is 1. The van der Waals surface area contributed by atoms with E-state index in [1.807, 2.05) is 27.9 Å². The first-order chi connectivity index (χ1) is 8.99. The van der Waals surface area contributed by atoms with Crippen molar-refractivity contribution < 1.29 is 4.79 Å². The molecule has 6 nitrogen and oxygen atoms in total. The molecule has 0 aliphatic carbocycles. The quantitative estimate of drug-likeness (QED) is 0.805. The second-order valence-corrected chi connectivity index (χ2v) is 5.06. The van der Waals surface area contributed by atoms with Crippen molar-refractivity contribution in [3.05, 3.63) is 11.6 Å². The Bertz CT molecular complexity index is 401. The second-order valence-electron chi connectivity index (χ2n) is 5.06. The molecule has 0 saturated heterocycles. The Morgan fingerprint density at radius 3 is 2.58 bits per heavy atom. The maximum atomic E-state index is 12.4. The monoisotopic (exact) mass is 267 g/mol. The van der Waals surface area contributed by atoms with Crippen molar-refractivity contribution in [3.8, 4) is 0 Å². The number of hydrogen-bond acceptors (Lipinski definition) is 4. The van der Waals surface area contributed by atoms with Crippen molar-refractivity contribution in [1.29, 1.82) is 0 Å². The molecule has 0 aliphatic heterocycles. The Kier molecular flexibility index (Phi) is 5.95. The molecular weight excluding hydrogens is 242 g/mol. The van der Waals surface area contributed by atoms with E-state index in [1.54, 1.807) is 4.90 Å². The average Bonchev–Trinajstić information content (AvgIpc) is 2.78. The number of carbonyl (C=O) groups excluding carboxylic acids is 1. The molecule has 0 aromatic carbocycles. The lowest BCUT2D eigenvalue weighted by molar-refractivity contribution is 0.0667. The van der Waals surface area contributed by atoms with E-state index in [0.29, 0.717) is 6.54 Å². The second kappa shape index (κ2) is 7.23. The molecule has 1 rings (SSSR count). The van der Waals surface area contributed by atoms with Gasteiger partial charge in [0, 0.05) is 25.6 Å². The largest absolute Gasteiger partial charge is 0.332 e. The zero-order chi connectivity index (χ0) is 14.4. The molecule has 1 unspecified atom stereocenters. The Morgan fingerprint density at radius 2 is 2.05 bits per heavy atom. The van der Waals surface area contributed by atoms with Crippen molar-refractivity contribution in [2.24, 2.45) is 0 Å². The average molecular weight is 267 g/mol. The van der Waals surface area contributed by atoms with E-state index in [9.17, 15) is 4.79 Å². The molecule has 0 radical (unpaired) electrons. The van der Waals surface area contributed by atoms with E-state index < -0.39 is 0 Å². The summed E-state index contributed by atoms with van der Waals surface area (Å²) in [6.45, 7) is 7.57. The predicted octanol–water partition coefficient (Wildman–Crippen LogP) is 1.17. The number of H-pyrrole nitrogens is 1. The van der Waals surface area contributed by atoms with Crippen LogP contribution >= 0.6 is 0 Å². The Morgan fingerprint density at radius 1 is 1.37 bits per heavy atom. The molecule has 1 aromatic heterocycles. The molecule has 0 spiro atoms. The van der Waals surface area contributed by atoms with Crippen LogP contribution in [-0.4, -0.2) is 64.1 Å². The van der Waals surface area contributed by atoms with Crippen LogP contribution in [0.4, 0.5) is 0 Å². The molecule has 1 heterocycles. The lowest BCUT2D eigenvalue weighted by atomic mass is 10.2. The van der Waals surface area contributed by atoms with Gasteiger partial charge >= 0.3 is 0 Å². The highest BCUT2D eigenvalue weighted by atomic mass is 16.2. The minimum Gasteiger partial charge on any atom is -0.332 e. The number of nitrogens with one attached hydrogen (secondary N) is 1. The highest BCUT2D eigenvalue weighted by Gasteiger charge is 2.23. The van der Waals surface area contributed by atoms with E-state index in [1.165, 1.54) is 0 Å². The zero-order valence-electron chi connectivity index (χ0n) is 12.6. The van der Waals surface area contributed by atoms with E-state index in [4.69, 9.17) is 0 Å². The molecule has 1 atom stereocenters. The van der Waals surface area contributed by atoms with Gasteiger partial charge in [-0.2, -0.15) is 0 Å². The van der Waals surface area contributed by atoms with Crippen LogP contribution < -0.4 is 0 Å². The summed E-state index contributed by atoms with van der Waals surface area (Å²) >= 11 is 0. The fourth-order valence-electron chi connectivity index (χ4n) is 2.15. The third kappa shape index (κ3) is 4.31. The van der Waals surface area contributed by atoms with Crippen LogP contribution in [0.1, 0.15) is 43.6 Å². The fraction of sp³-hybridized carbons (Fsp3) is 0.769. The zero-order valence-corrected chi connectivity index (χ0v) is 12.6. The van der Waals surface area contributed by atoms with Gasteiger partial charge in [0.05, 0.1) is 0 Å². The number of carbonyl (C=O) groups is 1. The summed E-state index contributed by atoms with van der Waals surface area (Å²) in [4.78, 5) is 20.5. The van der Waals surface area contributed by atoms with Crippen molar-refractivity contribution >= 4 is 5.91 Å². The number of aromatic amines is 1. The Labute approximate surface area is 115 Å². The van der Waals surface area contributed by atoms with Gasteiger partial charge in [-0.05, 0) is 34.4 Å². The van der Waals surface area contributed by atoms with Gasteiger partial charge in [-0.1, -0.05) is 6.92 Å². The molecule has 1 amide bonds. The molecule has 0 saturated carbocycles. The number of rotatable bonds is 7. The summed E-state index contributed by atoms with van der Waals surface area (Å²) < 4.78 is 0. The van der Waals surface area contributed by atoms with Gasteiger partial charge in [0.15, 0.2) is 0 Å². The summed E-state index contributed by atoms with van der Waals surface area (Å²) in [6, 6.07) is 0.139. The normalized spacial score (nSPS) is 12.7. The number of amides is 1. The first-order valence-corrected chi connectivity index (χ1v) is 6.86. The Hall–Kier alpha value is -1.43. The van der Waals surface area contributed by atoms with Crippen LogP contribution in [0.3, 0.4) is 0 Å². The van der Waals surface area contributed by atoms with E-state index in [0.717, 1.165) is 25.2 Å². The molecule has 1 aromatic rings. The molecular formula is C13H25N5O. The van der Waals surface area contributed by atoms with Gasteiger partial charge in [0.25, 0.3) is 5.91 Å². The summed E-state index contributed by atoms with van der Waals surface area (Å²) in [5.41, 5.74) is 0. The lowest BCUT2D eigenvalue weighted by Gasteiger charge is -2.29. The van der Waals surface area contributed by atoms with Gasteiger partial charge in [0.1, 0.15) is 5.82 Å². The minimum absolute atomic E-state index is 0.101. The number of aryl methyl sites for hydroxylation is 1. The van der Waals surface area contributed by atoms with Crippen LogP contribution in [0.5, 0.6) is 0 Å². The van der Waals surface area contributed by atoms with E-state index in [-0.39, 0.29) is 17.8 Å². The van der Waals surface area contributed by atoms with Gasteiger partial charge in [-0.3, -0.25) is 9.89 Å². The topological polar surface area (TPSA) is 65.1 Å². The van der Waals surface area contributed by atoms with Crippen LogP contribution in [0.15, 0.2) is 0 Å². The molecule has 0 aliphatic rings. The van der Waals surface area contributed by atoms with Crippen molar-refractivity contribution in [1.82, 2.24) is 25.0 Å². The lowest BCUT2D eigenvalue weighted by Crippen LogP contribution is -2.44. The summed E-state index contributed by atoms with van der Waals surface area (Å²) in [5.74, 6) is 0.952. The Balaban J connectivity index is 2.76. The van der Waals surface area contributed by atoms with Crippen molar-refractivity contribution in [2.75, 3.05) is 27.2 Å². The third-order valence-electron chi connectivity index (χ3n) is 2.97. The first kappa shape index (κ1) is 15.6. The maximum Gasteiger partial charge on any atom is 0.293 e. The number of likely N-dealkylation sites (N-methyl/N-ethyl adjacent to an activating group) is 2. The minimum atomic E-state index is -0.101. The predicted molar refractivity (Wildman–Crippen MR) is 75.1 cm³/mol. The summed E-state index contributed by atoms with van der Waals surface area (Å²) in [5, 5.41) is 6.85. The molecule has 6 heteroatoms. The molecule has 0 bridgehead atoms. The summed E-state index contributed by atoms with van der Waals surface area (Å²) in [7, 11) is 4.00. The van der Waals surface area contributed by atoms with Crippen LogP contribution in [0.2, 0.25) is 0 Å².